The number of esters is 1. The number of carbonyl (C=O) groups excluding carboxylic acids is 2. The van der Waals surface area contributed by atoms with Crippen LogP contribution in [0, 0.1) is 12.3 Å². The highest BCUT2D eigenvalue weighted by atomic mass is 16.5. The standard InChI is InChI=1S/C10H15NO3/c1-4-5-6-9(12)11(2)8-7-10(13)14-3/h1H,5-8H2,2-3H3. The van der Waals surface area contributed by atoms with Crippen LogP contribution in [0.3, 0.4) is 0 Å². The highest BCUT2D eigenvalue weighted by Crippen LogP contribution is 1.96. The Morgan fingerprint density at radius 3 is 2.57 bits per heavy atom. The summed E-state index contributed by atoms with van der Waals surface area (Å²) in [6, 6.07) is 0. The van der Waals surface area contributed by atoms with Gasteiger partial charge in [-0.05, 0) is 0 Å². The third kappa shape index (κ3) is 5.20. The predicted octanol–water partition coefficient (Wildman–Crippen LogP) is 0.421. The quantitative estimate of drug-likeness (QED) is 0.474. The number of hydrogen-bond acceptors (Lipinski definition) is 3. The summed E-state index contributed by atoms with van der Waals surface area (Å²) in [7, 11) is 2.96. The zero-order valence-electron chi connectivity index (χ0n) is 8.58. The normalized spacial score (nSPS) is 8.93. The van der Waals surface area contributed by atoms with Gasteiger partial charge in [0.05, 0.1) is 13.5 Å². The fourth-order valence-corrected chi connectivity index (χ4v) is 0.856. The minimum absolute atomic E-state index is 0.0492. The lowest BCUT2D eigenvalue weighted by Gasteiger charge is -2.15. The molecule has 0 radical (unpaired) electrons. The molecule has 0 aliphatic heterocycles. The molecule has 0 aliphatic carbocycles. The van der Waals surface area contributed by atoms with Crippen LogP contribution < -0.4 is 0 Å². The number of carbonyl (C=O) groups is 2. The molecule has 0 saturated carbocycles. The van der Waals surface area contributed by atoms with E-state index in [-0.39, 0.29) is 18.3 Å². The molecule has 0 unspecified atom stereocenters. The van der Waals surface area contributed by atoms with Gasteiger partial charge in [-0.15, -0.1) is 12.3 Å². The van der Waals surface area contributed by atoms with Crippen LogP contribution in [0.25, 0.3) is 0 Å². The van der Waals surface area contributed by atoms with Crippen molar-refractivity contribution >= 4 is 11.9 Å². The van der Waals surface area contributed by atoms with Gasteiger partial charge in [-0.3, -0.25) is 9.59 Å². The largest absolute Gasteiger partial charge is 0.469 e. The Bertz CT molecular complexity index is 242. The van der Waals surface area contributed by atoms with Crippen molar-refractivity contribution in [3.63, 3.8) is 0 Å². The molecule has 0 aromatic heterocycles. The van der Waals surface area contributed by atoms with E-state index in [1.165, 1.54) is 12.0 Å². The molecular formula is C10H15NO3. The number of hydrogen-bond donors (Lipinski definition) is 0. The Labute approximate surface area is 84.2 Å². The summed E-state index contributed by atoms with van der Waals surface area (Å²) in [6.07, 6.45) is 6.00. The average Bonchev–Trinajstić information content (AvgIpc) is 2.21. The first-order chi connectivity index (χ1) is 6.61. The first-order valence-corrected chi connectivity index (χ1v) is 4.36. The van der Waals surface area contributed by atoms with E-state index in [2.05, 4.69) is 10.7 Å². The summed E-state index contributed by atoms with van der Waals surface area (Å²) in [5.41, 5.74) is 0. The summed E-state index contributed by atoms with van der Waals surface area (Å²) in [5, 5.41) is 0. The molecule has 4 nitrogen and oxygen atoms in total. The maximum absolute atomic E-state index is 11.3. The van der Waals surface area contributed by atoms with E-state index in [9.17, 15) is 9.59 Å². The molecule has 0 aliphatic rings. The molecule has 0 heterocycles. The summed E-state index contributed by atoms with van der Waals surface area (Å²) in [5.74, 6) is 2.02. The van der Waals surface area contributed by atoms with E-state index in [0.717, 1.165) is 0 Å². The van der Waals surface area contributed by atoms with Gasteiger partial charge in [0, 0.05) is 26.4 Å². The van der Waals surface area contributed by atoms with Gasteiger partial charge in [-0.25, -0.2) is 0 Å². The summed E-state index contributed by atoms with van der Waals surface area (Å²) in [6.45, 7) is 0.371. The third-order valence-electron chi connectivity index (χ3n) is 1.79. The van der Waals surface area contributed by atoms with Gasteiger partial charge in [-0.1, -0.05) is 0 Å². The third-order valence-corrected chi connectivity index (χ3v) is 1.79. The highest BCUT2D eigenvalue weighted by molar-refractivity contribution is 5.77. The fourth-order valence-electron chi connectivity index (χ4n) is 0.856. The van der Waals surface area contributed by atoms with Crippen molar-refractivity contribution in [3.8, 4) is 12.3 Å². The van der Waals surface area contributed by atoms with Gasteiger partial charge in [0.1, 0.15) is 0 Å². The topological polar surface area (TPSA) is 46.6 Å². The molecule has 0 fully saturated rings. The first-order valence-electron chi connectivity index (χ1n) is 4.36. The molecule has 4 heteroatoms. The van der Waals surface area contributed by atoms with Gasteiger partial charge in [0.2, 0.25) is 5.91 Å². The van der Waals surface area contributed by atoms with Crippen molar-refractivity contribution in [3.05, 3.63) is 0 Å². The smallest absolute Gasteiger partial charge is 0.307 e. The van der Waals surface area contributed by atoms with E-state index in [1.807, 2.05) is 0 Å². The molecule has 0 N–H and O–H groups in total. The Balaban J connectivity index is 3.73. The van der Waals surface area contributed by atoms with Gasteiger partial charge in [0.15, 0.2) is 0 Å². The van der Waals surface area contributed by atoms with Crippen LogP contribution in [-0.4, -0.2) is 37.5 Å². The maximum Gasteiger partial charge on any atom is 0.307 e. The number of methoxy groups -OCH3 is 1. The van der Waals surface area contributed by atoms with Gasteiger partial charge in [-0.2, -0.15) is 0 Å². The lowest BCUT2D eigenvalue weighted by molar-refractivity contribution is -0.141. The maximum atomic E-state index is 11.3. The highest BCUT2D eigenvalue weighted by Gasteiger charge is 2.09. The van der Waals surface area contributed by atoms with Crippen LogP contribution in [0.1, 0.15) is 19.3 Å². The van der Waals surface area contributed by atoms with E-state index in [1.54, 1.807) is 7.05 Å². The molecule has 0 atom stereocenters. The molecule has 0 aromatic carbocycles. The second-order valence-electron chi connectivity index (χ2n) is 2.85. The van der Waals surface area contributed by atoms with E-state index in [0.29, 0.717) is 19.4 Å². The zero-order valence-corrected chi connectivity index (χ0v) is 8.58. The SMILES string of the molecule is C#CCCC(=O)N(C)CCC(=O)OC. The minimum atomic E-state index is -0.318. The molecule has 14 heavy (non-hydrogen) atoms. The van der Waals surface area contributed by atoms with Crippen molar-refractivity contribution in [1.82, 2.24) is 4.90 Å². The van der Waals surface area contributed by atoms with Crippen LogP contribution in [0.2, 0.25) is 0 Å². The van der Waals surface area contributed by atoms with Crippen molar-refractivity contribution in [2.45, 2.75) is 19.3 Å². The Morgan fingerprint density at radius 2 is 2.07 bits per heavy atom. The number of ether oxygens (including phenoxy) is 1. The Morgan fingerprint density at radius 1 is 1.43 bits per heavy atom. The van der Waals surface area contributed by atoms with Crippen LogP contribution >= 0.6 is 0 Å². The second kappa shape index (κ2) is 6.96. The van der Waals surface area contributed by atoms with E-state index >= 15 is 0 Å². The fraction of sp³-hybridized carbons (Fsp3) is 0.600. The number of nitrogens with zero attached hydrogens (tertiary/aromatic N) is 1. The molecule has 0 bridgehead atoms. The van der Waals surface area contributed by atoms with E-state index < -0.39 is 0 Å². The Kier molecular flexibility index (Phi) is 6.21. The van der Waals surface area contributed by atoms with Crippen molar-refractivity contribution in [2.75, 3.05) is 20.7 Å². The van der Waals surface area contributed by atoms with Gasteiger partial charge >= 0.3 is 5.97 Å². The summed E-state index contributed by atoms with van der Waals surface area (Å²) >= 11 is 0. The van der Waals surface area contributed by atoms with E-state index in [4.69, 9.17) is 6.42 Å². The molecular weight excluding hydrogens is 182 g/mol. The van der Waals surface area contributed by atoms with Crippen LogP contribution in [0.4, 0.5) is 0 Å². The van der Waals surface area contributed by atoms with Gasteiger partial charge in [0.25, 0.3) is 0 Å². The average molecular weight is 197 g/mol. The number of terminal acetylenes is 1. The second-order valence-corrected chi connectivity index (χ2v) is 2.85. The van der Waals surface area contributed by atoms with Crippen molar-refractivity contribution in [1.29, 1.82) is 0 Å². The van der Waals surface area contributed by atoms with Crippen molar-refractivity contribution < 1.29 is 14.3 Å². The Hall–Kier alpha value is -1.50. The lowest BCUT2D eigenvalue weighted by atomic mass is 10.3. The minimum Gasteiger partial charge on any atom is -0.469 e. The molecule has 0 spiro atoms. The van der Waals surface area contributed by atoms with Crippen LogP contribution in [0.5, 0.6) is 0 Å². The van der Waals surface area contributed by atoms with Crippen LogP contribution in [0.15, 0.2) is 0 Å². The summed E-state index contributed by atoms with van der Waals surface area (Å²) in [4.78, 5) is 23.5. The number of rotatable bonds is 5. The number of amides is 1. The molecule has 78 valence electrons. The first kappa shape index (κ1) is 12.5. The summed E-state index contributed by atoms with van der Waals surface area (Å²) < 4.78 is 4.45. The molecule has 0 saturated heterocycles. The van der Waals surface area contributed by atoms with Crippen LogP contribution in [-0.2, 0) is 14.3 Å². The molecule has 1 amide bonds. The monoisotopic (exact) mass is 197 g/mol. The molecule has 0 aromatic rings. The predicted molar refractivity (Wildman–Crippen MR) is 52.3 cm³/mol. The lowest BCUT2D eigenvalue weighted by Crippen LogP contribution is -2.28. The van der Waals surface area contributed by atoms with Gasteiger partial charge < -0.3 is 9.64 Å². The zero-order chi connectivity index (χ0) is 11.0. The van der Waals surface area contributed by atoms with Crippen molar-refractivity contribution in [2.24, 2.45) is 0 Å². The molecule has 0 rings (SSSR count).